The van der Waals surface area contributed by atoms with Gasteiger partial charge in [-0.1, -0.05) is 94.4 Å². The molecule has 3 heteroatoms. The highest BCUT2D eigenvalue weighted by molar-refractivity contribution is 6.99. The molecule has 0 aliphatic rings. The molecule has 0 radical (unpaired) electrons. The molecule has 0 unspecified atom stereocenters. The third kappa shape index (κ3) is 4.34. The van der Waals surface area contributed by atoms with Crippen LogP contribution in [0.15, 0.2) is 73.3 Å². The Morgan fingerprint density at radius 3 is 1.85 bits per heavy atom. The van der Waals surface area contributed by atoms with Gasteiger partial charge in [0.15, 0.2) is 0 Å². The Bertz CT molecular complexity index is 637. The monoisotopic (exact) mass is 368 g/mol. The van der Waals surface area contributed by atoms with Crippen LogP contribution in [-0.2, 0) is 4.43 Å². The lowest BCUT2D eigenvalue weighted by Gasteiger charge is -2.43. The topological polar surface area (TPSA) is 29.5 Å². The highest BCUT2D eigenvalue weighted by atomic mass is 28.4. The summed E-state index contributed by atoms with van der Waals surface area (Å²) >= 11 is 0. The largest absolute Gasteiger partial charge is 0.407 e. The van der Waals surface area contributed by atoms with Crippen LogP contribution in [0.25, 0.3) is 0 Å². The van der Waals surface area contributed by atoms with E-state index in [2.05, 4.69) is 75.9 Å². The summed E-state index contributed by atoms with van der Waals surface area (Å²) in [4.78, 5) is 0. The molecule has 0 aliphatic heterocycles. The van der Waals surface area contributed by atoms with Crippen LogP contribution in [0, 0.1) is 5.92 Å². The number of aliphatic hydroxyl groups is 1. The Kier molecular flexibility index (Phi) is 6.99. The molecule has 0 amide bonds. The maximum atomic E-state index is 10.3. The maximum Gasteiger partial charge on any atom is 0.261 e. The molecule has 0 spiro atoms. The van der Waals surface area contributed by atoms with Gasteiger partial charge in [0, 0.05) is 6.61 Å². The third-order valence-electron chi connectivity index (χ3n) is 5.13. The van der Waals surface area contributed by atoms with Crippen LogP contribution in [0.4, 0.5) is 0 Å². The Hall–Kier alpha value is -1.68. The lowest BCUT2D eigenvalue weighted by molar-refractivity contribution is 0.106. The van der Waals surface area contributed by atoms with E-state index in [0.717, 1.165) is 0 Å². The quantitative estimate of drug-likeness (QED) is 0.561. The van der Waals surface area contributed by atoms with Crippen molar-refractivity contribution in [3.05, 3.63) is 73.3 Å². The first-order valence-corrected chi connectivity index (χ1v) is 11.3. The van der Waals surface area contributed by atoms with Gasteiger partial charge in [-0.05, 0) is 27.8 Å². The first-order chi connectivity index (χ1) is 12.3. The van der Waals surface area contributed by atoms with Crippen LogP contribution in [0.1, 0.15) is 34.1 Å². The van der Waals surface area contributed by atoms with Crippen molar-refractivity contribution in [1.29, 1.82) is 0 Å². The zero-order valence-corrected chi connectivity index (χ0v) is 17.5. The average Bonchev–Trinajstić information content (AvgIpc) is 2.64. The van der Waals surface area contributed by atoms with E-state index in [-0.39, 0.29) is 11.0 Å². The second kappa shape index (κ2) is 8.80. The van der Waals surface area contributed by atoms with Gasteiger partial charge >= 0.3 is 0 Å². The minimum absolute atomic E-state index is 0.0370. The van der Waals surface area contributed by atoms with Gasteiger partial charge in [0.2, 0.25) is 0 Å². The molecular weight excluding hydrogens is 336 g/mol. The summed E-state index contributed by atoms with van der Waals surface area (Å²) in [6.07, 6.45) is 1.98. The maximum absolute atomic E-state index is 10.3. The molecule has 140 valence electrons. The van der Waals surface area contributed by atoms with Crippen LogP contribution in [0.2, 0.25) is 5.04 Å². The molecule has 2 aromatic rings. The molecule has 2 atom stereocenters. The molecule has 26 heavy (non-hydrogen) atoms. The molecule has 0 aromatic heterocycles. The molecule has 0 aliphatic carbocycles. The minimum Gasteiger partial charge on any atom is -0.407 e. The third-order valence-corrected chi connectivity index (χ3v) is 10.2. The van der Waals surface area contributed by atoms with Gasteiger partial charge in [0.25, 0.3) is 8.32 Å². The van der Waals surface area contributed by atoms with E-state index in [4.69, 9.17) is 4.43 Å². The Labute approximate surface area is 159 Å². The van der Waals surface area contributed by atoms with Crippen LogP contribution in [0.3, 0.4) is 0 Å². The molecular formula is C23H32O2Si. The number of rotatable bonds is 8. The van der Waals surface area contributed by atoms with E-state index in [1.54, 1.807) is 6.08 Å². The average molecular weight is 369 g/mol. The zero-order chi connectivity index (χ0) is 19.2. The molecule has 2 nitrogen and oxygen atoms in total. The van der Waals surface area contributed by atoms with E-state index in [9.17, 15) is 5.11 Å². The highest BCUT2D eigenvalue weighted by Gasteiger charge is 2.50. The number of hydrogen-bond acceptors (Lipinski definition) is 2. The van der Waals surface area contributed by atoms with Crippen molar-refractivity contribution in [3.8, 4) is 0 Å². The predicted octanol–water partition coefficient (Wildman–Crippen LogP) is 4.14. The SMILES string of the molecule is C=C[C@@H](C)[C@H](O)CCO[Si](c1ccccc1)(c1ccccc1)C(C)(C)C. The van der Waals surface area contributed by atoms with E-state index in [1.807, 2.05) is 19.1 Å². The van der Waals surface area contributed by atoms with Crippen LogP contribution < -0.4 is 10.4 Å². The Morgan fingerprint density at radius 1 is 1.00 bits per heavy atom. The second-order valence-electron chi connectivity index (χ2n) is 7.96. The van der Waals surface area contributed by atoms with Crippen molar-refractivity contribution >= 4 is 18.7 Å². The van der Waals surface area contributed by atoms with Crippen molar-refractivity contribution in [1.82, 2.24) is 0 Å². The Balaban J connectivity index is 2.42. The van der Waals surface area contributed by atoms with E-state index >= 15 is 0 Å². The van der Waals surface area contributed by atoms with Crippen molar-refractivity contribution in [2.24, 2.45) is 5.92 Å². The van der Waals surface area contributed by atoms with Gasteiger partial charge < -0.3 is 9.53 Å². The standard InChI is InChI=1S/C23H32O2Si/c1-6-19(2)22(24)17-18-25-26(23(3,4)5,20-13-9-7-10-14-20)21-15-11-8-12-16-21/h6-16,19,22,24H,1,17-18H2,2-5H3/t19-,22-/m1/s1. The van der Waals surface area contributed by atoms with E-state index < -0.39 is 14.4 Å². The summed E-state index contributed by atoms with van der Waals surface area (Å²) in [5.74, 6) is 0.0674. The van der Waals surface area contributed by atoms with Crippen molar-refractivity contribution in [3.63, 3.8) is 0 Å². The summed E-state index contributed by atoms with van der Waals surface area (Å²) < 4.78 is 6.78. The molecule has 0 heterocycles. The number of aliphatic hydroxyl groups excluding tert-OH is 1. The van der Waals surface area contributed by atoms with Gasteiger partial charge in [-0.15, -0.1) is 6.58 Å². The molecule has 1 N–H and O–H groups in total. The van der Waals surface area contributed by atoms with Crippen molar-refractivity contribution in [2.75, 3.05) is 6.61 Å². The fourth-order valence-corrected chi connectivity index (χ4v) is 8.09. The first-order valence-electron chi connectivity index (χ1n) is 9.38. The van der Waals surface area contributed by atoms with E-state index in [1.165, 1.54) is 10.4 Å². The molecule has 0 saturated carbocycles. The lowest BCUT2D eigenvalue weighted by Crippen LogP contribution is -2.66. The summed E-state index contributed by atoms with van der Waals surface area (Å²) in [5, 5.41) is 12.8. The summed E-state index contributed by atoms with van der Waals surface area (Å²) in [5.41, 5.74) is 0. The summed E-state index contributed by atoms with van der Waals surface area (Å²) in [6.45, 7) is 13.1. The van der Waals surface area contributed by atoms with Gasteiger partial charge in [0.05, 0.1) is 6.10 Å². The van der Waals surface area contributed by atoms with Gasteiger partial charge in [-0.3, -0.25) is 0 Å². The number of hydrogen-bond donors (Lipinski definition) is 1. The Morgan fingerprint density at radius 2 is 1.46 bits per heavy atom. The van der Waals surface area contributed by atoms with E-state index in [0.29, 0.717) is 13.0 Å². The number of benzene rings is 2. The van der Waals surface area contributed by atoms with Crippen LogP contribution in [-0.4, -0.2) is 26.1 Å². The normalized spacial score (nSPS) is 14.7. The van der Waals surface area contributed by atoms with Crippen molar-refractivity contribution in [2.45, 2.75) is 45.3 Å². The zero-order valence-electron chi connectivity index (χ0n) is 16.5. The minimum atomic E-state index is -2.50. The molecule has 0 bridgehead atoms. The molecule has 0 fully saturated rings. The van der Waals surface area contributed by atoms with Gasteiger partial charge in [0.1, 0.15) is 0 Å². The molecule has 0 saturated heterocycles. The predicted molar refractivity (Wildman–Crippen MR) is 114 cm³/mol. The summed E-state index contributed by atoms with van der Waals surface area (Å²) in [6, 6.07) is 21.2. The van der Waals surface area contributed by atoms with Crippen molar-refractivity contribution < 1.29 is 9.53 Å². The second-order valence-corrected chi connectivity index (χ2v) is 12.3. The van der Waals surface area contributed by atoms with Gasteiger partial charge in [-0.2, -0.15) is 0 Å². The molecule has 2 aromatic carbocycles. The fraction of sp³-hybridized carbons (Fsp3) is 0.391. The lowest BCUT2D eigenvalue weighted by atomic mass is 10.0. The van der Waals surface area contributed by atoms with Crippen LogP contribution in [0.5, 0.6) is 0 Å². The fourth-order valence-electron chi connectivity index (χ4n) is 3.51. The highest BCUT2D eigenvalue weighted by Crippen LogP contribution is 2.36. The first kappa shape index (κ1) is 20.6. The van der Waals surface area contributed by atoms with Gasteiger partial charge in [-0.25, -0.2) is 0 Å². The smallest absolute Gasteiger partial charge is 0.261 e. The van der Waals surface area contributed by atoms with Crippen LogP contribution >= 0.6 is 0 Å². The summed E-state index contributed by atoms with van der Waals surface area (Å²) in [7, 11) is -2.50. The molecule has 2 rings (SSSR count).